The first-order valence-electron chi connectivity index (χ1n) is 6.62. The fourth-order valence-corrected chi connectivity index (χ4v) is 3.29. The van der Waals surface area contributed by atoms with Crippen LogP contribution in [-0.2, 0) is 0 Å². The van der Waals surface area contributed by atoms with Gasteiger partial charge in [-0.1, -0.05) is 44.9 Å². The van der Waals surface area contributed by atoms with E-state index in [-0.39, 0.29) is 10.8 Å². The molecule has 1 rings (SSSR count). The topological polar surface area (TPSA) is 65.2 Å². The van der Waals surface area contributed by atoms with E-state index in [1.54, 1.807) is 0 Å². The quantitative estimate of drug-likeness (QED) is 0.579. The largest absolute Gasteiger partial charge is 0.411 e. The Balaban J connectivity index is 2.81. The summed E-state index contributed by atoms with van der Waals surface area (Å²) >= 11 is 0. The van der Waals surface area contributed by atoms with Crippen molar-refractivity contribution in [2.75, 3.05) is 0 Å². The van der Waals surface area contributed by atoms with Gasteiger partial charge in [-0.2, -0.15) is 0 Å². The Labute approximate surface area is 110 Å². The van der Waals surface area contributed by atoms with Crippen molar-refractivity contribution in [2.45, 2.75) is 60.3 Å². The van der Waals surface area contributed by atoms with Gasteiger partial charge in [0.05, 0.1) is 0 Å². The van der Waals surface area contributed by atoms with Crippen LogP contribution in [0.3, 0.4) is 0 Å². The van der Waals surface area contributed by atoms with Crippen LogP contribution in [0.4, 0.5) is 0 Å². The van der Waals surface area contributed by atoms with E-state index in [0.29, 0.717) is 30.2 Å². The Hall–Kier alpha value is -1.06. The molecule has 18 heavy (non-hydrogen) atoms. The molecule has 2 N–H and O–H groups in total. The first-order chi connectivity index (χ1) is 8.19. The van der Waals surface area contributed by atoms with Crippen molar-refractivity contribution >= 4 is 11.4 Å². The Morgan fingerprint density at radius 1 is 1.06 bits per heavy atom. The summed E-state index contributed by atoms with van der Waals surface area (Å²) in [6.45, 7) is 11.3. The van der Waals surface area contributed by atoms with Crippen LogP contribution in [0.2, 0.25) is 0 Å². The second-order valence-electron chi connectivity index (χ2n) is 7.26. The average Bonchev–Trinajstić information content (AvgIpc) is 2.24. The monoisotopic (exact) mass is 254 g/mol. The van der Waals surface area contributed by atoms with Gasteiger partial charge in [-0.3, -0.25) is 0 Å². The van der Waals surface area contributed by atoms with Crippen molar-refractivity contribution in [2.24, 2.45) is 27.1 Å². The van der Waals surface area contributed by atoms with Gasteiger partial charge >= 0.3 is 0 Å². The molecule has 0 radical (unpaired) electrons. The molecule has 0 aromatic rings. The summed E-state index contributed by atoms with van der Waals surface area (Å²) in [4.78, 5) is 0. The van der Waals surface area contributed by atoms with Gasteiger partial charge in [0.15, 0.2) is 0 Å². The molecule has 1 aliphatic rings. The van der Waals surface area contributed by atoms with E-state index in [0.717, 1.165) is 12.8 Å². The first-order valence-corrected chi connectivity index (χ1v) is 6.62. The van der Waals surface area contributed by atoms with Gasteiger partial charge < -0.3 is 10.4 Å². The molecule has 1 unspecified atom stereocenters. The summed E-state index contributed by atoms with van der Waals surface area (Å²) in [7, 11) is 0. The maximum absolute atomic E-state index is 9.00. The lowest BCUT2D eigenvalue weighted by atomic mass is 9.64. The van der Waals surface area contributed by atoms with Gasteiger partial charge in [-0.15, -0.1) is 0 Å². The minimum atomic E-state index is 0.190. The molecule has 1 aliphatic carbocycles. The van der Waals surface area contributed by atoms with Crippen LogP contribution < -0.4 is 0 Å². The van der Waals surface area contributed by atoms with Crippen LogP contribution in [0.25, 0.3) is 0 Å². The van der Waals surface area contributed by atoms with Gasteiger partial charge in [-0.25, -0.2) is 0 Å². The van der Waals surface area contributed by atoms with Gasteiger partial charge in [-0.05, 0) is 42.4 Å². The molecule has 4 heteroatoms. The van der Waals surface area contributed by atoms with Crippen LogP contribution in [0.1, 0.15) is 60.3 Å². The Morgan fingerprint density at radius 2 is 1.61 bits per heavy atom. The zero-order chi connectivity index (χ0) is 14.0. The van der Waals surface area contributed by atoms with Crippen molar-refractivity contribution in [3.05, 3.63) is 0 Å². The molecule has 104 valence electrons. The van der Waals surface area contributed by atoms with Crippen molar-refractivity contribution < 1.29 is 10.4 Å². The predicted molar refractivity (Wildman–Crippen MR) is 73.6 cm³/mol. The fraction of sp³-hybridized carbons (Fsp3) is 0.857. The van der Waals surface area contributed by atoms with Crippen LogP contribution in [0.5, 0.6) is 0 Å². The molecule has 0 aliphatic heterocycles. The van der Waals surface area contributed by atoms with E-state index in [1.807, 2.05) is 0 Å². The molecule has 0 aromatic heterocycles. The second-order valence-corrected chi connectivity index (χ2v) is 7.26. The number of hydrogen-bond donors (Lipinski definition) is 2. The maximum Gasteiger partial charge on any atom is 0.105 e. The van der Waals surface area contributed by atoms with Crippen molar-refractivity contribution in [1.82, 2.24) is 0 Å². The van der Waals surface area contributed by atoms with E-state index >= 15 is 0 Å². The Kier molecular flexibility index (Phi) is 4.41. The molecular weight excluding hydrogens is 228 g/mol. The molecule has 0 heterocycles. The third-order valence-corrected chi connectivity index (χ3v) is 3.84. The number of hydrogen-bond acceptors (Lipinski definition) is 4. The second kappa shape index (κ2) is 5.29. The molecule has 0 bridgehead atoms. The molecule has 0 saturated heterocycles. The number of rotatable bonds is 2. The van der Waals surface area contributed by atoms with Crippen molar-refractivity contribution in [1.29, 1.82) is 0 Å². The van der Waals surface area contributed by atoms with Crippen LogP contribution in [-0.4, -0.2) is 21.8 Å². The molecule has 1 atom stereocenters. The lowest BCUT2D eigenvalue weighted by Gasteiger charge is -2.41. The molecule has 0 spiro atoms. The van der Waals surface area contributed by atoms with Gasteiger partial charge in [0.25, 0.3) is 0 Å². The lowest BCUT2D eigenvalue weighted by molar-refractivity contribution is 0.125. The Morgan fingerprint density at radius 3 is 2.06 bits per heavy atom. The number of oxime groups is 2. The van der Waals surface area contributed by atoms with Gasteiger partial charge in [0.2, 0.25) is 0 Å². The summed E-state index contributed by atoms with van der Waals surface area (Å²) in [6.07, 6.45) is 3.49. The van der Waals surface area contributed by atoms with E-state index in [2.05, 4.69) is 44.9 Å². The third kappa shape index (κ3) is 3.72. The van der Waals surface area contributed by atoms with Crippen molar-refractivity contribution in [3.8, 4) is 0 Å². The average molecular weight is 254 g/mol. The fourth-order valence-electron chi connectivity index (χ4n) is 3.29. The van der Waals surface area contributed by atoms with Crippen LogP contribution >= 0.6 is 0 Å². The zero-order valence-electron chi connectivity index (χ0n) is 12.2. The molecule has 0 aromatic carbocycles. The van der Waals surface area contributed by atoms with E-state index in [4.69, 9.17) is 10.4 Å². The summed E-state index contributed by atoms with van der Waals surface area (Å²) in [5, 5.41) is 24.4. The van der Waals surface area contributed by atoms with E-state index in [9.17, 15) is 0 Å². The summed E-state index contributed by atoms with van der Waals surface area (Å²) < 4.78 is 0. The predicted octanol–water partition coefficient (Wildman–Crippen LogP) is 3.91. The first kappa shape index (κ1) is 15.0. The van der Waals surface area contributed by atoms with Gasteiger partial charge in [0, 0.05) is 0 Å². The van der Waals surface area contributed by atoms with Crippen LogP contribution in [0, 0.1) is 16.7 Å². The maximum atomic E-state index is 9.00. The minimum Gasteiger partial charge on any atom is -0.411 e. The zero-order valence-corrected chi connectivity index (χ0v) is 12.2. The summed E-state index contributed by atoms with van der Waals surface area (Å²) in [5.74, 6) is 0.466. The number of nitrogens with zero attached hydrogens (tertiary/aromatic N) is 2. The highest BCUT2D eigenvalue weighted by atomic mass is 16.4. The normalized spacial score (nSPS) is 26.8. The van der Waals surface area contributed by atoms with Crippen LogP contribution in [0.15, 0.2) is 10.3 Å². The summed E-state index contributed by atoms with van der Waals surface area (Å²) in [5.41, 5.74) is 1.54. The summed E-state index contributed by atoms with van der Waals surface area (Å²) in [6, 6.07) is 0. The highest BCUT2D eigenvalue weighted by Crippen LogP contribution is 2.44. The molecular formula is C14H26N2O2. The Bertz CT molecular complexity index is 351. The SMILES string of the molecule is CC(C)(C)CC(C)(C)C1CCC(=N/O)/C(=N\O)C1. The van der Waals surface area contributed by atoms with Crippen molar-refractivity contribution in [3.63, 3.8) is 0 Å². The smallest absolute Gasteiger partial charge is 0.105 e. The standard InChI is InChI=1S/C14H26N2O2/c1-13(2,3)9-14(4,5)10-6-7-11(15-17)12(8-10)16-18/h10,17-18H,6-9H2,1-5H3/b15-11-,16-12-. The molecule has 0 amide bonds. The minimum absolute atomic E-state index is 0.190. The highest BCUT2D eigenvalue weighted by Gasteiger charge is 2.37. The molecule has 1 fully saturated rings. The molecule has 1 saturated carbocycles. The van der Waals surface area contributed by atoms with Gasteiger partial charge in [0.1, 0.15) is 11.4 Å². The van der Waals surface area contributed by atoms with E-state index < -0.39 is 0 Å². The molecule has 4 nitrogen and oxygen atoms in total. The van der Waals surface area contributed by atoms with E-state index in [1.165, 1.54) is 0 Å². The third-order valence-electron chi connectivity index (χ3n) is 3.84. The highest BCUT2D eigenvalue weighted by molar-refractivity contribution is 6.42. The lowest BCUT2D eigenvalue weighted by Crippen LogP contribution is -2.36.